The molecule has 3 N–H and O–H groups in total. The minimum atomic E-state index is -1.08. The minimum absolute atomic E-state index is 0.0214. The van der Waals surface area contributed by atoms with Gasteiger partial charge in [0, 0.05) is 24.7 Å². The second-order valence-corrected chi connectivity index (χ2v) is 4.56. The molecule has 100 valence electrons. The number of carbonyl (C=O) groups is 2. The fourth-order valence-electron chi connectivity index (χ4n) is 1.29. The molecule has 2 aromatic heterocycles. The van der Waals surface area contributed by atoms with Gasteiger partial charge in [-0.1, -0.05) is 0 Å². The normalized spacial score (nSPS) is 10.2. The lowest BCUT2D eigenvalue weighted by molar-refractivity contribution is 0.0691. The summed E-state index contributed by atoms with van der Waals surface area (Å²) in [4.78, 5) is 26.0. The van der Waals surface area contributed by atoms with Crippen molar-refractivity contribution < 1.29 is 14.7 Å². The first-order valence-corrected chi connectivity index (χ1v) is 6.15. The summed E-state index contributed by atoms with van der Waals surface area (Å²) < 4.78 is 1.57. The Morgan fingerprint density at radius 1 is 1.53 bits per heavy atom. The molecule has 0 atom stereocenters. The second kappa shape index (κ2) is 5.48. The highest BCUT2D eigenvalue weighted by molar-refractivity contribution is 7.09. The Balaban J connectivity index is 1.84. The van der Waals surface area contributed by atoms with Crippen molar-refractivity contribution in [2.75, 3.05) is 5.32 Å². The number of aromatic carboxylic acids is 1. The first-order valence-electron chi connectivity index (χ1n) is 5.27. The number of carboxylic acids is 1. The van der Waals surface area contributed by atoms with Gasteiger partial charge in [-0.2, -0.15) is 5.10 Å². The van der Waals surface area contributed by atoms with Gasteiger partial charge in [-0.25, -0.2) is 14.6 Å². The van der Waals surface area contributed by atoms with Crippen LogP contribution in [0.25, 0.3) is 0 Å². The van der Waals surface area contributed by atoms with E-state index in [0.29, 0.717) is 10.8 Å². The highest BCUT2D eigenvalue weighted by Crippen LogP contribution is 2.09. The molecular formula is C10H11N5O3S. The maximum atomic E-state index is 11.5. The summed E-state index contributed by atoms with van der Waals surface area (Å²) in [6.45, 7) is 0.163. The van der Waals surface area contributed by atoms with Crippen LogP contribution in [0.3, 0.4) is 0 Å². The zero-order chi connectivity index (χ0) is 13.8. The molecule has 0 spiro atoms. The first kappa shape index (κ1) is 13.0. The Kier molecular flexibility index (Phi) is 3.76. The average molecular weight is 281 g/mol. The summed E-state index contributed by atoms with van der Waals surface area (Å²) in [7, 11) is 1.74. The van der Waals surface area contributed by atoms with Crippen molar-refractivity contribution in [1.29, 1.82) is 0 Å². The lowest BCUT2D eigenvalue weighted by Crippen LogP contribution is -2.28. The minimum Gasteiger partial charge on any atom is -0.476 e. The number of amides is 2. The van der Waals surface area contributed by atoms with Gasteiger partial charge < -0.3 is 10.4 Å². The number of aromatic nitrogens is 3. The van der Waals surface area contributed by atoms with Gasteiger partial charge in [0.2, 0.25) is 0 Å². The van der Waals surface area contributed by atoms with Crippen LogP contribution in [-0.2, 0) is 13.6 Å². The van der Waals surface area contributed by atoms with Crippen LogP contribution in [0.2, 0.25) is 0 Å². The Morgan fingerprint density at radius 2 is 2.32 bits per heavy atom. The number of urea groups is 1. The van der Waals surface area contributed by atoms with Crippen LogP contribution in [-0.4, -0.2) is 31.9 Å². The van der Waals surface area contributed by atoms with Gasteiger partial charge in [-0.3, -0.25) is 10.00 Å². The molecule has 0 bridgehead atoms. The van der Waals surface area contributed by atoms with Crippen LogP contribution in [0.5, 0.6) is 0 Å². The van der Waals surface area contributed by atoms with Crippen LogP contribution >= 0.6 is 11.3 Å². The third kappa shape index (κ3) is 3.52. The summed E-state index contributed by atoms with van der Waals surface area (Å²) in [5.41, 5.74) is -0.0214. The van der Waals surface area contributed by atoms with Crippen molar-refractivity contribution in [3.63, 3.8) is 0 Å². The van der Waals surface area contributed by atoms with Gasteiger partial charge in [-0.05, 0) is 0 Å². The number of anilines is 1. The van der Waals surface area contributed by atoms with E-state index >= 15 is 0 Å². The number of aryl methyl sites for hydroxylation is 1. The number of thiazole rings is 1. The second-order valence-electron chi connectivity index (χ2n) is 3.61. The van der Waals surface area contributed by atoms with Crippen LogP contribution in [0, 0.1) is 0 Å². The topological polar surface area (TPSA) is 109 Å². The molecule has 2 aromatic rings. The fourth-order valence-corrected chi connectivity index (χ4v) is 2.00. The lowest BCUT2D eigenvalue weighted by Gasteiger charge is -2.03. The van der Waals surface area contributed by atoms with Gasteiger partial charge in [-0.15, -0.1) is 11.3 Å². The molecule has 0 unspecified atom stereocenters. The summed E-state index contributed by atoms with van der Waals surface area (Å²) in [5.74, 6) is -0.647. The molecule has 0 fully saturated rings. The summed E-state index contributed by atoms with van der Waals surface area (Å²) in [6, 6.07) is 1.23. The highest BCUT2D eigenvalue weighted by Gasteiger charge is 2.09. The van der Waals surface area contributed by atoms with Crippen LogP contribution in [0.1, 0.15) is 15.5 Å². The van der Waals surface area contributed by atoms with E-state index in [0.717, 1.165) is 0 Å². The van der Waals surface area contributed by atoms with Crippen LogP contribution in [0.15, 0.2) is 17.6 Å². The molecule has 8 nitrogen and oxygen atoms in total. The Labute approximate surface area is 112 Å². The summed E-state index contributed by atoms with van der Waals surface area (Å²) in [5, 5.41) is 19.7. The average Bonchev–Trinajstić information content (AvgIpc) is 2.96. The lowest BCUT2D eigenvalue weighted by atomic mass is 10.5. The quantitative estimate of drug-likeness (QED) is 0.771. The number of carboxylic acid groups (broad SMARTS) is 1. The number of rotatable bonds is 4. The molecule has 0 aliphatic carbocycles. The SMILES string of the molecule is Cn1ccc(NC(=O)NCc2nc(C(=O)O)cs2)n1. The molecule has 2 amide bonds. The third-order valence-corrected chi connectivity index (χ3v) is 2.98. The van der Waals surface area contributed by atoms with Gasteiger partial charge >= 0.3 is 12.0 Å². The first-order chi connectivity index (χ1) is 9.04. The van der Waals surface area contributed by atoms with Crippen LogP contribution < -0.4 is 10.6 Å². The maximum absolute atomic E-state index is 11.5. The molecule has 2 rings (SSSR count). The highest BCUT2D eigenvalue weighted by atomic mass is 32.1. The zero-order valence-corrected chi connectivity index (χ0v) is 10.8. The maximum Gasteiger partial charge on any atom is 0.355 e. The monoisotopic (exact) mass is 281 g/mol. The van der Waals surface area contributed by atoms with E-state index in [1.807, 2.05) is 0 Å². The molecule has 0 aliphatic rings. The van der Waals surface area contributed by atoms with Crippen molar-refractivity contribution >= 4 is 29.2 Å². The van der Waals surface area contributed by atoms with E-state index in [2.05, 4.69) is 20.7 Å². The van der Waals surface area contributed by atoms with Gasteiger partial charge in [0.25, 0.3) is 0 Å². The summed E-state index contributed by atoms with van der Waals surface area (Å²) >= 11 is 1.18. The largest absolute Gasteiger partial charge is 0.476 e. The fraction of sp³-hybridized carbons (Fsp3) is 0.200. The van der Waals surface area contributed by atoms with Crippen molar-refractivity contribution in [1.82, 2.24) is 20.1 Å². The van der Waals surface area contributed by atoms with Crippen molar-refractivity contribution in [2.45, 2.75) is 6.54 Å². The van der Waals surface area contributed by atoms with Crippen LogP contribution in [0.4, 0.5) is 10.6 Å². The van der Waals surface area contributed by atoms with E-state index < -0.39 is 12.0 Å². The van der Waals surface area contributed by atoms with E-state index in [1.165, 1.54) is 16.7 Å². The summed E-state index contributed by atoms with van der Waals surface area (Å²) in [6.07, 6.45) is 1.70. The number of nitrogens with zero attached hydrogens (tertiary/aromatic N) is 3. The number of nitrogens with one attached hydrogen (secondary N) is 2. The molecule has 0 saturated carbocycles. The molecule has 0 radical (unpaired) electrons. The Hall–Kier alpha value is -2.42. The standard InChI is InChI=1S/C10H11N5O3S/c1-15-3-2-7(14-15)13-10(18)11-4-8-12-6(5-19-8)9(16)17/h2-3,5H,4H2,1H3,(H,16,17)(H2,11,13,14,18). The zero-order valence-electron chi connectivity index (χ0n) is 9.95. The van der Waals surface area contributed by atoms with Gasteiger partial charge in [0.1, 0.15) is 5.01 Å². The Morgan fingerprint density at radius 3 is 2.89 bits per heavy atom. The van der Waals surface area contributed by atoms with E-state index in [1.54, 1.807) is 24.0 Å². The molecule has 9 heteroatoms. The molecular weight excluding hydrogens is 270 g/mol. The number of carbonyl (C=O) groups excluding carboxylic acids is 1. The third-order valence-electron chi connectivity index (χ3n) is 2.13. The molecule has 0 aliphatic heterocycles. The Bertz CT molecular complexity index is 606. The van der Waals surface area contributed by atoms with Gasteiger partial charge in [0.15, 0.2) is 11.5 Å². The van der Waals surface area contributed by atoms with Crippen molar-refractivity contribution in [3.8, 4) is 0 Å². The van der Waals surface area contributed by atoms with E-state index in [9.17, 15) is 9.59 Å². The van der Waals surface area contributed by atoms with Gasteiger partial charge in [0.05, 0.1) is 6.54 Å². The molecule has 19 heavy (non-hydrogen) atoms. The molecule has 0 aromatic carbocycles. The van der Waals surface area contributed by atoms with Crippen molar-refractivity contribution in [3.05, 3.63) is 28.3 Å². The number of hydrogen-bond donors (Lipinski definition) is 3. The smallest absolute Gasteiger partial charge is 0.355 e. The number of hydrogen-bond acceptors (Lipinski definition) is 5. The predicted molar refractivity (Wildman–Crippen MR) is 68.1 cm³/mol. The molecule has 2 heterocycles. The predicted octanol–water partition coefficient (Wildman–Crippen LogP) is 0.896. The van der Waals surface area contributed by atoms with E-state index in [-0.39, 0.29) is 12.2 Å². The van der Waals surface area contributed by atoms with Crippen molar-refractivity contribution in [2.24, 2.45) is 7.05 Å². The van der Waals surface area contributed by atoms with E-state index in [4.69, 9.17) is 5.11 Å². The molecule has 0 saturated heterocycles.